The van der Waals surface area contributed by atoms with E-state index < -0.39 is 29.7 Å². The molecule has 150 valence electrons. The minimum Gasteiger partial charge on any atom is -0.493 e. The highest BCUT2D eigenvalue weighted by Gasteiger charge is 2.30. The van der Waals surface area contributed by atoms with Gasteiger partial charge in [0.05, 0.1) is 25.3 Å². The molecule has 0 saturated carbocycles. The van der Waals surface area contributed by atoms with Gasteiger partial charge in [0.15, 0.2) is 17.6 Å². The zero-order valence-electron chi connectivity index (χ0n) is 15.3. The number of halogens is 3. The first-order chi connectivity index (χ1) is 13.2. The molecular formula is C19H18F3NO5. The van der Waals surface area contributed by atoms with Crippen LogP contribution in [-0.4, -0.2) is 32.2 Å². The average molecular weight is 397 g/mol. The second-order valence-corrected chi connectivity index (χ2v) is 5.69. The zero-order valence-corrected chi connectivity index (χ0v) is 15.3. The Balaban J connectivity index is 2.11. The van der Waals surface area contributed by atoms with Gasteiger partial charge in [0.25, 0.3) is 5.91 Å². The first-order valence-electron chi connectivity index (χ1n) is 8.07. The number of ether oxygens (including phenoxy) is 3. The molecule has 0 bridgehead atoms. The SMILES string of the molecule is COC(=O)c1ccc(O[C@@H](C)C(=O)Nc2cccc(C(F)(F)F)c2)c(OC)c1. The van der Waals surface area contributed by atoms with Crippen LogP contribution >= 0.6 is 0 Å². The molecule has 2 aromatic carbocycles. The molecule has 2 rings (SSSR count). The van der Waals surface area contributed by atoms with Gasteiger partial charge in [-0.3, -0.25) is 4.79 Å². The first kappa shape index (κ1) is 21.1. The topological polar surface area (TPSA) is 73.9 Å². The molecule has 0 aliphatic rings. The van der Waals surface area contributed by atoms with Crippen molar-refractivity contribution >= 4 is 17.6 Å². The standard InChI is InChI=1S/C19H18F3NO5/c1-11(17(24)23-14-6-4-5-13(10-14)19(20,21)22)28-15-8-7-12(18(25)27-3)9-16(15)26-2/h4-11H,1-3H3,(H,23,24)/t11-/m0/s1. The van der Waals surface area contributed by atoms with E-state index in [4.69, 9.17) is 9.47 Å². The van der Waals surface area contributed by atoms with Crippen LogP contribution < -0.4 is 14.8 Å². The van der Waals surface area contributed by atoms with Gasteiger partial charge in [0.2, 0.25) is 0 Å². The summed E-state index contributed by atoms with van der Waals surface area (Å²) < 4.78 is 53.6. The van der Waals surface area contributed by atoms with Crippen molar-refractivity contribution in [2.45, 2.75) is 19.2 Å². The fourth-order valence-electron chi connectivity index (χ4n) is 2.27. The lowest BCUT2D eigenvalue weighted by Crippen LogP contribution is -2.30. The molecule has 1 amide bonds. The van der Waals surface area contributed by atoms with Crippen LogP contribution in [0.3, 0.4) is 0 Å². The molecule has 0 spiro atoms. The molecule has 2 aromatic rings. The van der Waals surface area contributed by atoms with Crippen molar-refractivity contribution in [1.29, 1.82) is 0 Å². The number of methoxy groups -OCH3 is 2. The Bertz CT molecular complexity index is 867. The fourth-order valence-corrected chi connectivity index (χ4v) is 2.27. The largest absolute Gasteiger partial charge is 0.493 e. The smallest absolute Gasteiger partial charge is 0.416 e. The second kappa shape index (κ2) is 8.64. The third kappa shape index (κ3) is 5.15. The molecule has 1 atom stereocenters. The van der Waals surface area contributed by atoms with Crippen LogP contribution in [-0.2, 0) is 15.7 Å². The number of nitrogens with one attached hydrogen (secondary N) is 1. The molecule has 0 heterocycles. The van der Waals surface area contributed by atoms with Gasteiger partial charge in [-0.2, -0.15) is 13.2 Å². The maximum absolute atomic E-state index is 12.8. The van der Waals surface area contributed by atoms with E-state index >= 15 is 0 Å². The number of rotatable bonds is 6. The lowest BCUT2D eigenvalue weighted by atomic mass is 10.2. The molecule has 0 unspecified atom stereocenters. The number of carbonyl (C=O) groups is 2. The summed E-state index contributed by atoms with van der Waals surface area (Å²) in [7, 11) is 2.59. The predicted molar refractivity (Wildman–Crippen MR) is 94.5 cm³/mol. The van der Waals surface area contributed by atoms with Gasteiger partial charge in [-0.25, -0.2) is 4.79 Å². The number of esters is 1. The van der Waals surface area contributed by atoms with Crippen LogP contribution in [0.4, 0.5) is 18.9 Å². The van der Waals surface area contributed by atoms with Crippen molar-refractivity contribution < 1.29 is 37.0 Å². The molecule has 0 aromatic heterocycles. The Labute approximate surface area is 159 Å². The van der Waals surface area contributed by atoms with Gasteiger partial charge in [0, 0.05) is 5.69 Å². The van der Waals surface area contributed by atoms with Crippen molar-refractivity contribution in [3.63, 3.8) is 0 Å². The lowest BCUT2D eigenvalue weighted by molar-refractivity contribution is -0.137. The Kier molecular flexibility index (Phi) is 6.50. The number of benzene rings is 2. The Morgan fingerprint density at radius 1 is 1.04 bits per heavy atom. The van der Waals surface area contributed by atoms with Crippen molar-refractivity contribution in [2.75, 3.05) is 19.5 Å². The maximum Gasteiger partial charge on any atom is 0.416 e. The van der Waals surface area contributed by atoms with Crippen LogP contribution in [0.1, 0.15) is 22.8 Å². The van der Waals surface area contributed by atoms with E-state index in [-0.39, 0.29) is 22.7 Å². The molecule has 28 heavy (non-hydrogen) atoms. The molecule has 0 saturated heterocycles. The predicted octanol–water partition coefficient (Wildman–Crippen LogP) is 3.91. The van der Waals surface area contributed by atoms with E-state index in [1.165, 1.54) is 51.5 Å². The minimum atomic E-state index is -4.52. The summed E-state index contributed by atoms with van der Waals surface area (Å²) in [5.41, 5.74) is -0.657. The number of anilines is 1. The van der Waals surface area contributed by atoms with Gasteiger partial charge in [-0.05, 0) is 43.3 Å². The van der Waals surface area contributed by atoms with Gasteiger partial charge in [-0.15, -0.1) is 0 Å². The number of amides is 1. The van der Waals surface area contributed by atoms with Crippen LogP contribution in [0, 0.1) is 0 Å². The maximum atomic E-state index is 12.8. The summed E-state index contributed by atoms with van der Waals surface area (Å²) in [5.74, 6) is -0.845. The van der Waals surface area contributed by atoms with Gasteiger partial charge in [0.1, 0.15) is 0 Å². The van der Waals surface area contributed by atoms with E-state index in [9.17, 15) is 22.8 Å². The Morgan fingerprint density at radius 3 is 2.36 bits per heavy atom. The molecule has 6 nitrogen and oxygen atoms in total. The molecule has 0 aliphatic heterocycles. The quantitative estimate of drug-likeness (QED) is 0.749. The van der Waals surface area contributed by atoms with Crippen LogP contribution in [0.2, 0.25) is 0 Å². The van der Waals surface area contributed by atoms with Crippen molar-refractivity contribution in [3.05, 3.63) is 53.6 Å². The molecule has 9 heteroatoms. The number of alkyl halides is 3. The van der Waals surface area contributed by atoms with Crippen molar-refractivity contribution in [2.24, 2.45) is 0 Å². The Hall–Kier alpha value is -3.23. The van der Waals surface area contributed by atoms with Crippen LogP contribution in [0.25, 0.3) is 0 Å². The first-order valence-corrected chi connectivity index (χ1v) is 8.07. The Morgan fingerprint density at radius 2 is 1.75 bits per heavy atom. The third-order valence-electron chi connectivity index (χ3n) is 3.72. The highest BCUT2D eigenvalue weighted by molar-refractivity contribution is 5.94. The molecule has 0 fully saturated rings. The summed E-state index contributed by atoms with van der Waals surface area (Å²) >= 11 is 0. The van der Waals surface area contributed by atoms with E-state index in [0.29, 0.717) is 0 Å². The third-order valence-corrected chi connectivity index (χ3v) is 3.72. The van der Waals surface area contributed by atoms with Gasteiger partial charge in [-0.1, -0.05) is 6.07 Å². The minimum absolute atomic E-state index is 0.0109. The molecule has 0 aliphatic carbocycles. The summed E-state index contributed by atoms with van der Waals surface area (Å²) in [6.45, 7) is 1.43. The van der Waals surface area contributed by atoms with Crippen molar-refractivity contribution in [3.8, 4) is 11.5 Å². The summed E-state index contributed by atoms with van der Waals surface area (Å²) in [5, 5.41) is 2.37. The summed E-state index contributed by atoms with van der Waals surface area (Å²) in [6.07, 6.45) is -5.56. The average Bonchev–Trinajstić information content (AvgIpc) is 2.67. The van der Waals surface area contributed by atoms with Crippen molar-refractivity contribution in [1.82, 2.24) is 0 Å². The second-order valence-electron chi connectivity index (χ2n) is 5.69. The van der Waals surface area contributed by atoms with Crippen LogP contribution in [0.5, 0.6) is 11.5 Å². The monoisotopic (exact) mass is 397 g/mol. The molecular weight excluding hydrogens is 379 g/mol. The summed E-state index contributed by atoms with van der Waals surface area (Å²) in [4.78, 5) is 23.8. The number of hydrogen-bond donors (Lipinski definition) is 1. The molecule has 0 radical (unpaired) electrons. The number of hydrogen-bond acceptors (Lipinski definition) is 5. The highest BCUT2D eigenvalue weighted by atomic mass is 19.4. The summed E-state index contributed by atoms with van der Waals surface area (Å²) in [6, 6.07) is 8.52. The van der Waals surface area contributed by atoms with E-state index in [0.717, 1.165) is 12.1 Å². The lowest BCUT2D eigenvalue weighted by Gasteiger charge is -2.17. The fraction of sp³-hybridized carbons (Fsp3) is 0.263. The number of carbonyl (C=O) groups excluding carboxylic acids is 2. The van der Waals surface area contributed by atoms with E-state index in [1.54, 1.807) is 0 Å². The highest BCUT2D eigenvalue weighted by Crippen LogP contribution is 2.31. The molecule has 1 N–H and O–H groups in total. The normalized spacial score (nSPS) is 12.1. The van der Waals surface area contributed by atoms with Gasteiger partial charge >= 0.3 is 12.1 Å². The van der Waals surface area contributed by atoms with E-state index in [1.807, 2.05) is 0 Å². The zero-order chi connectivity index (χ0) is 20.9. The van der Waals surface area contributed by atoms with Gasteiger partial charge < -0.3 is 19.5 Å². The van der Waals surface area contributed by atoms with E-state index in [2.05, 4.69) is 10.1 Å². The van der Waals surface area contributed by atoms with Crippen LogP contribution in [0.15, 0.2) is 42.5 Å².